The standard InChI is InChI=1S/C9H12N2O5S2/c1-17(13,14)6-9(12)11-7-2-4-8(5-3-7)18(10,15)16/h2-5H,6H2,1H3,(H,11,12)(H2,10,15,16). The molecule has 100 valence electrons. The zero-order valence-corrected chi connectivity index (χ0v) is 11.1. The first-order chi connectivity index (χ1) is 8.08. The fourth-order valence-corrected chi connectivity index (χ4v) is 2.23. The summed E-state index contributed by atoms with van der Waals surface area (Å²) in [4.78, 5) is 11.2. The Morgan fingerprint density at radius 2 is 1.67 bits per heavy atom. The van der Waals surface area contributed by atoms with Gasteiger partial charge in [-0.3, -0.25) is 4.79 Å². The maximum Gasteiger partial charge on any atom is 0.239 e. The van der Waals surface area contributed by atoms with Crippen molar-refractivity contribution in [2.45, 2.75) is 4.90 Å². The van der Waals surface area contributed by atoms with E-state index in [1.54, 1.807) is 0 Å². The third kappa shape index (κ3) is 4.82. The van der Waals surface area contributed by atoms with E-state index >= 15 is 0 Å². The number of sulfone groups is 1. The number of rotatable bonds is 4. The molecule has 3 N–H and O–H groups in total. The summed E-state index contributed by atoms with van der Waals surface area (Å²) in [7, 11) is -7.19. The molecular formula is C9H12N2O5S2. The van der Waals surface area contributed by atoms with Gasteiger partial charge in [0, 0.05) is 11.9 Å². The molecule has 1 rings (SSSR count). The zero-order chi connectivity index (χ0) is 14.0. The molecule has 7 nitrogen and oxygen atoms in total. The number of sulfonamides is 1. The van der Waals surface area contributed by atoms with E-state index in [-0.39, 0.29) is 10.6 Å². The van der Waals surface area contributed by atoms with Crippen molar-refractivity contribution in [3.05, 3.63) is 24.3 Å². The Morgan fingerprint density at radius 1 is 1.17 bits per heavy atom. The first-order valence-corrected chi connectivity index (χ1v) is 8.29. The molecule has 0 saturated heterocycles. The highest BCUT2D eigenvalue weighted by molar-refractivity contribution is 7.91. The molecule has 0 heterocycles. The molecule has 0 bridgehead atoms. The van der Waals surface area contributed by atoms with Gasteiger partial charge in [0.1, 0.15) is 5.75 Å². The third-order valence-electron chi connectivity index (χ3n) is 1.86. The van der Waals surface area contributed by atoms with E-state index in [0.717, 1.165) is 6.26 Å². The normalized spacial score (nSPS) is 12.1. The van der Waals surface area contributed by atoms with Crippen molar-refractivity contribution in [2.24, 2.45) is 5.14 Å². The number of anilines is 1. The van der Waals surface area contributed by atoms with Gasteiger partial charge < -0.3 is 5.32 Å². The van der Waals surface area contributed by atoms with Crippen LogP contribution >= 0.6 is 0 Å². The molecule has 0 unspecified atom stereocenters. The third-order valence-corrected chi connectivity index (χ3v) is 3.58. The number of primary sulfonamides is 1. The predicted octanol–water partition coefficient (Wildman–Crippen LogP) is -0.683. The lowest BCUT2D eigenvalue weighted by Crippen LogP contribution is -2.22. The lowest BCUT2D eigenvalue weighted by atomic mass is 10.3. The van der Waals surface area contributed by atoms with Crippen molar-refractivity contribution in [1.82, 2.24) is 0 Å². The minimum atomic E-state index is -3.79. The summed E-state index contributed by atoms with van der Waals surface area (Å²) in [5.74, 6) is -1.33. The van der Waals surface area contributed by atoms with E-state index in [1.165, 1.54) is 24.3 Å². The Balaban J connectivity index is 2.79. The molecular weight excluding hydrogens is 280 g/mol. The van der Waals surface area contributed by atoms with Gasteiger partial charge in [-0.05, 0) is 24.3 Å². The van der Waals surface area contributed by atoms with Crippen LogP contribution in [0.1, 0.15) is 0 Å². The molecule has 0 atom stereocenters. The van der Waals surface area contributed by atoms with Crippen LogP contribution in [-0.4, -0.2) is 34.8 Å². The Hall–Kier alpha value is -1.45. The number of nitrogens with two attached hydrogens (primary N) is 1. The van der Waals surface area contributed by atoms with Crippen LogP contribution in [-0.2, 0) is 24.7 Å². The van der Waals surface area contributed by atoms with Gasteiger partial charge in [0.05, 0.1) is 4.90 Å². The molecule has 18 heavy (non-hydrogen) atoms. The molecule has 0 spiro atoms. The van der Waals surface area contributed by atoms with Gasteiger partial charge in [0.15, 0.2) is 9.84 Å². The highest BCUT2D eigenvalue weighted by Gasteiger charge is 2.12. The van der Waals surface area contributed by atoms with Crippen LogP contribution in [0.4, 0.5) is 5.69 Å². The lowest BCUT2D eigenvalue weighted by Gasteiger charge is -2.05. The minimum Gasteiger partial charge on any atom is -0.325 e. The first-order valence-electron chi connectivity index (χ1n) is 4.68. The summed E-state index contributed by atoms with van der Waals surface area (Å²) in [6.45, 7) is 0. The largest absolute Gasteiger partial charge is 0.325 e. The van der Waals surface area contributed by atoms with Crippen LogP contribution in [0.25, 0.3) is 0 Å². The Morgan fingerprint density at radius 3 is 2.06 bits per heavy atom. The van der Waals surface area contributed by atoms with Crippen molar-refractivity contribution in [2.75, 3.05) is 17.3 Å². The van der Waals surface area contributed by atoms with E-state index < -0.39 is 31.5 Å². The SMILES string of the molecule is CS(=O)(=O)CC(=O)Nc1ccc(S(N)(=O)=O)cc1. The summed E-state index contributed by atoms with van der Waals surface area (Å²) >= 11 is 0. The zero-order valence-electron chi connectivity index (χ0n) is 9.45. The summed E-state index contributed by atoms with van der Waals surface area (Å²) in [5.41, 5.74) is 0.288. The molecule has 0 radical (unpaired) electrons. The molecule has 1 aromatic rings. The van der Waals surface area contributed by atoms with Crippen LogP contribution in [0, 0.1) is 0 Å². The number of amides is 1. The van der Waals surface area contributed by atoms with Crippen molar-refractivity contribution in [1.29, 1.82) is 0 Å². The molecule has 1 amide bonds. The number of carbonyl (C=O) groups is 1. The molecule has 1 aromatic carbocycles. The summed E-state index contributed by atoms with van der Waals surface area (Å²) in [6.07, 6.45) is 0.941. The number of hydrogen-bond donors (Lipinski definition) is 2. The quantitative estimate of drug-likeness (QED) is 0.760. The summed E-state index contributed by atoms with van der Waals surface area (Å²) in [5, 5.41) is 7.22. The molecule has 0 aromatic heterocycles. The monoisotopic (exact) mass is 292 g/mol. The van der Waals surface area contributed by atoms with Crippen molar-refractivity contribution >= 4 is 31.5 Å². The average Bonchev–Trinajstić information content (AvgIpc) is 2.13. The number of carbonyl (C=O) groups excluding carboxylic acids is 1. The highest BCUT2D eigenvalue weighted by atomic mass is 32.2. The predicted molar refractivity (Wildman–Crippen MR) is 66.2 cm³/mol. The molecule has 0 fully saturated rings. The van der Waals surface area contributed by atoms with Crippen LogP contribution < -0.4 is 10.5 Å². The van der Waals surface area contributed by atoms with Gasteiger partial charge in [-0.15, -0.1) is 0 Å². The van der Waals surface area contributed by atoms with Crippen molar-refractivity contribution in [3.8, 4) is 0 Å². The number of benzene rings is 1. The summed E-state index contributed by atoms with van der Waals surface area (Å²) in [6, 6.07) is 5.07. The highest BCUT2D eigenvalue weighted by Crippen LogP contribution is 2.12. The fraction of sp³-hybridized carbons (Fsp3) is 0.222. The van der Waals surface area contributed by atoms with Gasteiger partial charge in [-0.2, -0.15) is 0 Å². The van der Waals surface area contributed by atoms with Gasteiger partial charge >= 0.3 is 0 Å². The number of hydrogen-bond acceptors (Lipinski definition) is 5. The summed E-state index contributed by atoms with van der Waals surface area (Å²) < 4.78 is 43.7. The maximum absolute atomic E-state index is 11.3. The molecule has 0 saturated carbocycles. The minimum absolute atomic E-state index is 0.0939. The van der Waals surface area contributed by atoms with Gasteiger partial charge in [-0.25, -0.2) is 22.0 Å². The number of nitrogens with one attached hydrogen (secondary N) is 1. The lowest BCUT2D eigenvalue weighted by molar-refractivity contribution is -0.113. The Labute approximate surface area is 105 Å². The first kappa shape index (κ1) is 14.6. The molecule has 9 heteroatoms. The average molecular weight is 292 g/mol. The van der Waals surface area contributed by atoms with E-state index in [9.17, 15) is 21.6 Å². The van der Waals surface area contributed by atoms with Crippen molar-refractivity contribution in [3.63, 3.8) is 0 Å². The van der Waals surface area contributed by atoms with E-state index in [1.807, 2.05) is 0 Å². The van der Waals surface area contributed by atoms with E-state index in [4.69, 9.17) is 5.14 Å². The van der Waals surface area contributed by atoms with Crippen molar-refractivity contribution < 1.29 is 21.6 Å². The molecule has 0 aliphatic heterocycles. The van der Waals surface area contributed by atoms with Crippen LogP contribution in [0.5, 0.6) is 0 Å². The second-order valence-electron chi connectivity index (χ2n) is 3.69. The Bertz CT molecular complexity index is 647. The second kappa shape index (κ2) is 5.04. The fourth-order valence-electron chi connectivity index (χ4n) is 1.16. The van der Waals surface area contributed by atoms with E-state index in [2.05, 4.69) is 5.32 Å². The van der Waals surface area contributed by atoms with Crippen LogP contribution in [0.3, 0.4) is 0 Å². The molecule has 0 aliphatic rings. The van der Waals surface area contributed by atoms with E-state index in [0.29, 0.717) is 0 Å². The topological polar surface area (TPSA) is 123 Å². The molecule has 0 aliphatic carbocycles. The van der Waals surface area contributed by atoms with Gasteiger partial charge in [0.2, 0.25) is 15.9 Å². The van der Waals surface area contributed by atoms with Crippen LogP contribution in [0.15, 0.2) is 29.2 Å². The van der Waals surface area contributed by atoms with Gasteiger partial charge in [0.25, 0.3) is 0 Å². The Kier molecular flexibility index (Phi) is 4.09. The second-order valence-corrected chi connectivity index (χ2v) is 7.39. The van der Waals surface area contributed by atoms with Gasteiger partial charge in [-0.1, -0.05) is 0 Å². The smallest absolute Gasteiger partial charge is 0.239 e. The van der Waals surface area contributed by atoms with Crippen LogP contribution in [0.2, 0.25) is 0 Å². The maximum atomic E-state index is 11.3.